The Kier molecular flexibility index (Phi) is 6.60. The molecule has 8 nitrogen and oxygen atoms in total. The molecule has 1 N–H and O–H groups in total. The Morgan fingerprint density at radius 1 is 1.00 bits per heavy atom. The minimum Gasteiger partial charge on any atom is -0.493 e. The average Bonchev–Trinajstić information content (AvgIpc) is 3.34. The zero-order valence-electron chi connectivity index (χ0n) is 21.1. The number of fused-ring (bicyclic) bond motifs is 2. The van der Waals surface area contributed by atoms with E-state index in [-0.39, 0.29) is 11.9 Å². The van der Waals surface area contributed by atoms with E-state index in [1.54, 1.807) is 34.6 Å². The second-order valence-electron chi connectivity index (χ2n) is 8.82. The van der Waals surface area contributed by atoms with Crippen LogP contribution in [0.2, 0.25) is 0 Å². The Balaban J connectivity index is 1.60. The maximum absolute atomic E-state index is 14.0. The van der Waals surface area contributed by atoms with Crippen LogP contribution in [-0.2, 0) is 12.8 Å². The molecule has 0 bridgehead atoms. The summed E-state index contributed by atoms with van der Waals surface area (Å²) < 4.78 is 36.0. The fraction of sp³-hybridized carbons (Fsp3) is 0.286. The lowest BCUT2D eigenvalue weighted by atomic mass is 9.87. The van der Waals surface area contributed by atoms with E-state index >= 15 is 0 Å². The average molecular weight is 506 g/mol. The van der Waals surface area contributed by atoms with Gasteiger partial charge in [-0.15, -0.1) is 0 Å². The summed E-state index contributed by atoms with van der Waals surface area (Å²) in [6, 6.07) is 10.7. The molecule has 4 aromatic rings. The third-order valence-corrected chi connectivity index (χ3v) is 6.87. The number of halogens is 1. The molecule has 0 fully saturated rings. The first-order valence-electron chi connectivity index (χ1n) is 11.9. The van der Waals surface area contributed by atoms with E-state index in [9.17, 15) is 9.18 Å². The normalized spacial score (nSPS) is 14.8. The molecule has 0 saturated carbocycles. The predicted molar refractivity (Wildman–Crippen MR) is 136 cm³/mol. The highest BCUT2D eigenvalue weighted by atomic mass is 19.1. The number of nitrogens with zero attached hydrogens (tertiary/aromatic N) is 2. The number of carbonyl (C=O) groups is 1. The van der Waals surface area contributed by atoms with Crippen LogP contribution >= 0.6 is 0 Å². The van der Waals surface area contributed by atoms with Crippen LogP contribution in [0.1, 0.15) is 33.1 Å². The summed E-state index contributed by atoms with van der Waals surface area (Å²) in [6.45, 7) is 0.481. The first-order valence-corrected chi connectivity index (χ1v) is 11.9. The highest BCUT2D eigenvalue weighted by Crippen LogP contribution is 2.41. The van der Waals surface area contributed by atoms with Gasteiger partial charge in [0.2, 0.25) is 0 Å². The van der Waals surface area contributed by atoms with E-state index in [2.05, 4.69) is 9.97 Å². The zero-order chi connectivity index (χ0) is 26.1. The molecule has 3 heterocycles. The van der Waals surface area contributed by atoms with Crippen molar-refractivity contribution in [2.75, 3.05) is 35.0 Å². The van der Waals surface area contributed by atoms with Gasteiger partial charge in [0.1, 0.15) is 11.5 Å². The van der Waals surface area contributed by atoms with Gasteiger partial charge in [-0.1, -0.05) is 6.07 Å². The monoisotopic (exact) mass is 505 g/mol. The number of hydrogen-bond donors (Lipinski definition) is 1. The van der Waals surface area contributed by atoms with Crippen molar-refractivity contribution in [1.82, 2.24) is 14.9 Å². The molecule has 1 amide bonds. The Labute approximate surface area is 213 Å². The van der Waals surface area contributed by atoms with Crippen molar-refractivity contribution >= 4 is 16.9 Å². The second kappa shape index (κ2) is 10.0. The van der Waals surface area contributed by atoms with Gasteiger partial charge in [-0.05, 0) is 59.9 Å². The number of rotatable bonds is 7. The topological polar surface area (TPSA) is 85.9 Å². The van der Waals surface area contributed by atoms with E-state index in [0.29, 0.717) is 59.0 Å². The first-order chi connectivity index (χ1) is 18.0. The third kappa shape index (κ3) is 4.41. The lowest BCUT2D eigenvalue weighted by Crippen LogP contribution is -2.41. The lowest BCUT2D eigenvalue weighted by molar-refractivity contribution is 0.0661. The van der Waals surface area contributed by atoms with E-state index < -0.39 is 5.82 Å². The summed E-state index contributed by atoms with van der Waals surface area (Å²) in [4.78, 5) is 22.8. The molecule has 0 radical (unpaired) electrons. The first kappa shape index (κ1) is 24.4. The standard InChI is InChI=1S/C28H28FN3O5/c1-34-23-6-5-16(10-24(23)35-2)9-22-19-13-26(37-4)25(36-3)11-17(19)7-8-32(22)28(33)21-15-31-27-20(21)12-18(29)14-30-27/h5-6,10-15,22H,7-9H2,1-4H3,(H,30,31). The molecule has 1 unspecified atom stereocenters. The molecule has 2 aromatic heterocycles. The number of benzene rings is 2. The highest BCUT2D eigenvalue weighted by molar-refractivity contribution is 6.06. The summed E-state index contributed by atoms with van der Waals surface area (Å²) in [5, 5.41) is 0.452. The number of carbonyl (C=O) groups excluding carboxylic acids is 1. The summed E-state index contributed by atoms with van der Waals surface area (Å²) in [5.74, 6) is 1.77. The Morgan fingerprint density at radius 2 is 1.70 bits per heavy atom. The molecule has 1 atom stereocenters. The van der Waals surface area contributed by atoms with E-state index in [0.717, 1.165) is 22.9 Å². The van der Waals surface area contributed by atoms with Crippen LogP contribution in [0.15, 0.2) is 48.8 Å². The minimum atomic E-state index is -0.496. The number of amides is 1. The smallest absolute Gasteiger partial charge is 0.256 e. The lowest BCUT2D eigenvalue weighted by Gasteiger charge is -2.38. The molecule has 37 heavy (non-hydrogen) atoms. The van der Waals surface area contributed by atoms with Crippen LogP contribution in [-0.4, -0.2) is 55.8 Å². The largest absolute Gasteiger partial charge is 0.493 e. The Bertz CT molecular complexity index is 1470. The summed E-state index contributed by atoms with van der Waals surface area (Å²) >= 11 is 0. The van der Waals surface area contributed by atoms with Gasteiger partial charge < -0.3 is 28.8 Å². The molecule has 1 aliphatic rings. The number of methoxy groups -OCH3 is 4. The summed E-state index contributed by atoms with van der Waals surface area (Å²) in [7, 11) is 6.38. The molecule has 2 aromatic carbocycles. The highest BCUT2D eigenvalue weighted by Gasteiger charge is 2.34. The van der Waals surface area contributed by atoms with Crippen LogP contribution in [0.5, 0.6) is 23.0 Å². The maximum Gasteiger partial charge on any atom is 0.256 e. The zero-order valence-corrected chi connectivity index (χ0v) is 21.1. The van der Waals surface area contributed by atoms with Crippen LogP contribution in [0, 0.1) is 5.82 Å². The van der Waals surface area contributed by atoms with Crippen molar-refractivity contribution in [2.24, 2.45) is 0 Å². The number of pyridine rings is 1. The van der Waals surface area contributed by atoms with Gasteiger partial charge in [-0.2, -0.15) is 0 Å². The van der Waals surface area contributed by atoms with Crippen molar-refractivity contribution in [3.8, 4) is 23.0 Å². The van der Waals surface area contributed by atoms with Gasteiger partial charge in [0.25, 0.3) is 5.91 Å². The number of hydrogen-bond acceptors (Lipinski definition) is 6. The summed E-state index contributed by atoms with van der Waals surface area (Å²) in [5.41, 5.74) is 3.86. The fourth-order valence-electron chi connectivity index (χ4n) is 5.03. The van der Waals surface area contributed by atoms with Crippen molar-refractivity contribution in [2.45, 2.75) is 18.9 Å². The van der Waals surface area contributed by atoms with Gasteiger partial charge >= 0.3 is 0 Å². The maximum atomic E-state index is 14.0. The molecular formula is C28H28FN3O5. The second-order valence-corrected chi connectivity index (χ2v) is 8.82. The predicted octanol–water partition coefficient (Wildman–Crippen LogP) is 4.72. The van der Waals surface area contributed by atoms with Crippen molar-refractivity contribution in [1.29, 1.82) is 0 Å². The van der Waals surface area contributed by atoms with E-state index in [1.165, 1.54) is 6.07 Å². The van der Waals surface area contributed by atoms with Crippen molar-refractivity contribution < 1.29 is 28.1 Å². The van der Waals surface area contributed by atoms with Crippen LogP contribution < -0.4 is 18.9 Å². The van der Waals surface area contributed by atoms with Gasteiger partial charge in [-0.3, -0.25) is 4.79 Å². The van der Waals surface area contributed by atoms with Crippen LogP contribution in [0.25, 0.3) is 11.0 Å². The molecule has 1 aliphatic heterocycles. The molecule has 0 saturated heterocycles. The van der Waals surface area contributed by atoms with Crippen molar-refractivity contribution in [3.05, 3.63) is 76.9 Å². The quantitative estimate of drug-likeness (QED) is 0.391. The van der Waals surface area contributed by atoms with Crippen LogP contribution in [0.3, 0.4) is 0 Å². The minimum absolute atomic E-state index is 0.204. The molecule has 5 rings (SSSR count). The van der Waals surface area contributed by atoms with Gasteiger partial charge in [0.15, 0.2) is 23.0 Å². The summed E-state index contributed by atoms with van der Waals surface area (Å²) in [6.07, 6.45) is 3.88. The Morgan fingerprint density at radius 3 is 2.43 bits per heavy atom. The number of H-pyrrole nitrogens is 1. The van der Waals surface area contributed by atoms with Crippen molar-refractivity contribution in [3.63, 3.8) is 0 Å². The van der Waals surface area contributed by atoms with E-state index in [1.807, 2.05) is 35.2 Å². The van der Waals surface area contributed by atoms with Crippen LogP contribution in [0.4, 0.5) is 4.39 Å². The SMILES string of the molecule is COc1ccc(CC2c3cc(OC)c(OC)cc3CCN2C(=O)c2c[nH]c3ncc(F)cc23)cc1OC. The molecule has 0 spiro atoms. The molecular weight excluding hydrogens is 477 g/mol. The molecule has 0 aliphatic carbocycles. The van der Waals surface area contributed by atoms with Gasteiger partial charge in [-0.25, -0.2) is 9.37 Å². The molecule has 192 valence electrons. The number of aromatic amines is 1. The molecule has 9 heteroatoms. The number of ether oxygens (including phenoxy) is 4. The van der Waals surface area contributed by atoms with Gasteiger partial charge in [0, 0.05) is 18.1 Å². The number of aromatic nitrogens is 2. The fourth-order valence-corrected chi connectivity index (χ4v) is 5.03. The third-order valence-electron chi connectivity index (χ3n) is 6.87. The van der Waals surface area contributed by atoms with E-state index in [4.69, 9.17) is 18.9 Å². The number of nitrogens with one attached hydrogen (secondary N) is 1. The van der Waals surface area contributed by atoms with Gasteiger partial charge in [0.05, 0.1) is 46.2 Å². The Hall–Kier alpha value is -4.27.